The third kappa shape index (κ3) is 6.33. The summed E-state index contributed by atoms with van der Waals surface area (Å²) in [6, 6.07) is 7.88. The van der Waals surface area contributed by atoms with Crippen molar-refractivity contribution in [2.24, 2.45) is 4.99 Å². The highest BCUT2D eigenvalue weighted by Gasteiger charge is 2.10. The van der Waals surface area contributed by atoms with Crippen molar-refractivity contribution in [3.05, 3.63) is 46.6 Å². The number of rotatable bonds is 8. The van der Waals surface area contributed by atoms with Crippen LogP contribution in [0.25, 0.3) is 0 Å². The topological polar surface area (TPSA) is 66.5 Å². The Bertz CT molecular complexity index is 713. The van der Waals surface area contributed by atoms with E-state index in [2.05, 4.69) is 47.2 Å². The molecule has 1 aromatic carbocycles. The van der Waals surface area contributed by atoms with Gasteiger partial charge in [-0.05, 0) is 31.0 Å². The van der Waals surface area contributed by atoms with E-state index in [1.54, 1.807) is 0 Å². The first kappa shape index (κ1) is 20.2. The Morgan fingerprint density at radius 3 is 2.85 bits per heavy atom. The van der Waals surface area contributed by atoms with Gasteiger partial charge in [0.2, 0.25) is 5.89 Å². The first-order valence-electron chi connectivity index (χ1n) is 9.06. The second kappa shape index (κ2) is 10.2. The number of hydrogen-bond donors (Lipinski definition) is 1. The first-order chi connectivity index (χ1) is 12.5. The van der Waals surface area contributed by atoms with Crippen LogP contribution in [0.4, 0.5) is 0 Å². The van der Waals surface area contributed by atoms with Crippen LogP contribution in [-0.2, 0) is 13.0 Å². The minimum Gasteiger partial charge on any atom is -0.357 e. The van der Waals surface area contributed by atoms with Gasteiger partial charge in [0.15, 0.2) is 11.8 Å². The van der Waals surface area contributed by atoms with Gasteiger partial charge in [-0.15, -0.1) is 0 Å². The van der Waals surface area contributed by atoms with Crippen molar-refractivity contribution in [2.45, 2.75) is 46.1 Å². The molecule has 0 amide bonds. The maximum absolute atomic E-state index is 6.07. The van der Waals surface area contributed by atoms with Gasteiger partial charge in [0.1, 0.15) is 0 Å². The number of hydrogen-bond acceptors (Lipinski definition) is 4. The fourth-order valence-corrected chi connectivity index (χ4v) is 2.69. The van der Waals surface area contributed by atoms with Crippen LogP contribution in [0, 0.1) is 0 Å². The highest BCUT2D eigenvalue weighted by atomic mass is 35.5. The normalized spacial score (nSPS) is 11.8. The zero-order chi connectivity index (χ0) is 18.9. The van der Waals surface area contributed by atoms with Crippen LogP contribution >= 0.6 is 11.6 Å². The SMILES string of the molecule is CCNC(=NCCCc1nc(C(C)C)no1)N(C)Cc1cccc(Cl)c1. The molecule has 6 nitrogen and oxygen atoms in total. The van der Waals surface area contributed by atoms with Gasteiger partial charge in [-0.25, -0.2) is 0 Å². The van der Waals surface area contributed by atoms with Crippen molar-refractivity contribution in [3.8, 4) is 0 Å². The minimum atomic E-state index is 0.283. The molecule has 1 heterocycles. The molecule has 0 spiro atoms. The number of nitrogens with zero attached hydrogens (tertiary/aromatic N) is 4. The van der Waals surface area contributed by atoms with E-state index in [-0.39, 0.29) is 5.92 Å². The first-order valence-corrected chi connectivity index (χ1v) is 9.43. The molecule has 1 N–H and O–H groups in total. The molecule has 26 heavy (non-hydrogen) atoms. The molecule has 0 fully saturated rings. The molecule has 0 radical (unpaired) electrons. The van der Waals surface area contributed by atoms with Crippen LogP contribution in [-0.4, -0.2) is 41.1 Å². The van der Waals surface area contributed by atoms with Gasteiger partial charge in [-0.1, -0.05) is 42.7 Å². The van der Waals surface area contributed by atoms with Crippen LogP contribution in [0.5, 0.6) is 0 Å². The lowest BCUT2D eigenvalue weighted by atomic mass is 10.2. The zero-order valence-electron chi connectivity index (χ0n) is 16.0. The van der Waals surface area contributed by atoms with Crippen LogP contribution in [0.3, 0.4) is 0 Å². The van der Waals surface area contributed by atoms with E-state index in [4.69, 9.17) is 21.1 Å². The molecule has 7 heteroatoms. The molecule has 0 saturated carbocycles. The Kier molecular flexibility index (Phi) is 7.91. The van der Waals surface area contributed by atoms with Crippen molar-refractivity contribution in [1.82, 2.24) is 20.4 Å². The van der Waals surface area contributed by atoms with Crippen molar-refractivity contribution in [3.63, 3.8) is 0 Å². The van der Waals surface area contributed by atoms with Gasteiger partial charge in [-0.3, -0.25) is 4.99 Å². The standard InChI is InChI=1S/C19H28ClN5O/c1-5-21-19(25(4)13-15-8-6-9-16(20)12-15)22-11-7-10-17-23-18(14(2)3)24-26-17/h6,8-9,12,14H,5,7,10-11,13H2,1-4H3,(H,21,22). The van der Waals surface area contributed by atoms with E-state index < -0.39 is 0 Å². The quantitative estimate of drug-likeness (QED) is 0.429. The number of benzene rings is 1. The lowest BCUT2D eigenvalue weighted by molar-refractivity contribution is 0.369. The predicted molar refractivity (Wildman–Crippen MR) is 106 cm³/mol. The predicted octanol–water partition coefficient (Wildman–Crippen LogP) is 3.88. The summed E-state index contributed by atoms with van der Waals surface area (Å²) in [6.07, 6.45) is 1.60. The second-order valence-corrected chi connectivity index (χ2v) is 6.96. The van der Waals surface area contributed by atoms with Crippen LogP contribution < -0.4 is 5.32 Å². The van der Waals surface area contributed by atoms with Gasteiger partial charge in [0.25, 0.3) is 0 Å². The Morgan fingerprint density at radius 2 is 2.19 bits per heavy atom. The molecule has 0 saturated heterocycles. The molecule has 142 valence electrons. The fraction of sp³-hybridized carbons (Fsp3) is 0.526. The monoisotopic (exact) mass is 377 g/mol. The number of guanidine groups is 1. The van der Waals surface area contributed by atoms with Crippen LogP contribution in [0.2, 0.25) is 5.02 Å². The fourth-order valence-electron chi connectivity index (χ4n) is 2.47. The number of aliphatic imine (C=N–C) groups is 1. The van der Waals surface area contributed by atoms with E-state index in [9.17, 15) is 0 Å². The minimum absolute atomic E-state index is 0.283. The van der Waals surface area contributed by atoms with Gasteiger partial charge >= 0.3 is 0 Å². The molecule has 2 rings (SSSR count). The molecular formula is C19H28ClN5O. The number of aryl methyl sites for hydroxylation is 1. The summed E-state index contributed by atoms with van der Waals surface area (Å²) in [4.78, 5) is 11.2. The maximum atomic E-state index is 6.07. The lowest BCUT2D eigenvalue weighted by Gasteiger charge is -2.22. The van der Waals surface area contributed by atoms with Crippen LogP contribution in [0.1, 0.15) is 50.4 Å². The lowest BCUT2D eigenvalue weighted by Crippen LogP contribution is -2.38. The molecular weight excluding hydrogens is 350 g/mol. The van der Waals surface area contributed by atoms with E-state index in [0.717, 1.165) is 48.3 Å². The molecule has 0 aliphatic carbocycles. The van der Waals surface area contributed by atoms with Gasteiger partial charge < -0.3 is 14.7 Å². The van der Waals surface area contributed by atoms with Crippen molar-refractivity contribution < 1.29 is 4.52 Å². The van der Waals surface area contributed by atoms with E-state index in [1.807, 2.05) is 25.2 Å². The Hall–Kier alpha value is -2.08. The molecule has 1 aromatic heterocycles. The second-order valence-electron chi connectivity index (χ2n) is 6.53. The molecule has 0 aliphatic heterocycles. The third-order valence-corrected chi connectivity index (χ3v) is 4.05. The van der Waals surface area contributed by atoms with Gasteiger partial charge in [0, 0.05) is 44.0 Å². The highest BCUT2D eigenvalue weighted by molar-refractivity contribution is 6.30. The average Bonchev–Trinajstić information content (AvgIpc) is 3.07. The number of halogens is 1. The Morgan fingerprint density at radius 1 is 1.38 bits per heavy atom. The average molecular weight is 378 g/mol. The Labute approximate surface area is 160 Å². The summed E-state index contributed by atoms with van der Waals surface area (Å²) in [6.45, 7) is 8.43. The molecule has 2 aromatic rings. The summed E-state index contributed by atoms with van der Waals surface area (Å²) in [5, 5.41) is 8.06. The summed E-state index contributed by atoms with van der Waals surface area (Å²) in [5.74, 6) is 2.60. The molecule has 0 bridgehead atoms. The van der Waals surface area contributed by atoms with E-state index in [0.29, 0.717) is 12.4 Å². The third-order valence-electron chi connectivity index (χ3n) is 3.82. The summed E-state index contributed by atoms with van der Waals surface area (Å²) in [5.41, 5.74) is 1.15. The van der Waals surface area contributed by atoms with E-state index >= 15 is 0 Å². The summed E-state index contributed by atoms with van der Waals surface area (Å²) in [7, 11) is 2.02. The Balaban J connectivity index is 1.88. The zero-order valence-corrected chi connectivity index (χ0v) is 16.8. The highest BCUT2D eigenvalue weighted by Crippen LogP contribution is 2.13. The smallest absolute Gasteiger partial charge is 0.226 e. The van der Waals surface area contributed by atoms with Crippen molar-refractivity contribution >= 4 is 17.6 Å². The van der Waals surface area contributed by atoms with E-state index in [1.165, 1.54) is 0 Å². The molecule has 0 atom stereocenters. The van der Waals surface area contributed by atoms with Crippen molar-refractivity contribution in [1.29, 1.82) is 0 Å². The van der Waals surface area contributed by atoms with Crippen molar-refractivity contribution in [2.75, 3.05) is 20.1 Å². The maximum Gasteiger partial charge on any atom is 0.226 e. The molecule has 0 unspecified atom stereocenters. The largest absolute Gasteiger partial charge is 0.357 e. The summed E-state index contributed by atoms with van der Waals surface area (Å²) < 4.78 is 5.27. The van der Waals surface area contributed by atoms with Gasteiger partial charge in [-0.2, -0.15) is 4.98 Å². The summed E-state index contributed by atoms with van der Waals surface area (Å²) >= 11 is 6.07. The number of aromatic nitrogens is 2. The van der Waals surface area contributed by atoms with Crippen LogP contribution in [0.15, 0.2) is 33.8 Å². The van der Waals surface area contributed by atoms with Gasteiger partial charge in [0.05, 0.1) is 0 Å². The number of nitrogens with one attached hydrogen (secondary N) is 1. The molecule has 0 aliphatic rings.